The van der Waals surface area contributed by atoms with Gasteiger partial charge >= 0.3 is 0 Å². The quantitative estimate of drug-likeness (QED) is 0.725. The summed E-state index contributed by atoms with van der Waals surface area (Å²) in [4.78, 5) is 23.4. The van der Waals surface area contributed by atoms with Gasteiger partial charge in [-0.1, -0.05) is 56.0 Å². The summed E-state index contributed by atoms with van der Waals surface area (Å²) in [7, 11) is 0. The molecule has 1 aromatic carbocycles. The zero-order chi connectivity index (χ0) is 15.6. The van der Waals surface area contributed by atoms with E-state index in [0.717, 1.165) is 17.9 Å². The fourth-order valence-electron chi connectivity index (χ4n) is 3.00. The maximum Gasteiger partial charge on any atom is 0.239 e. The Morgan fingerprint density at radius 1 is 1.00 bits per heavy atom. The molecule has 0 aromatic heterocycles. The second-order valence-corrected chi connectivity index (χ2v) is 6.08. The number of benzene rings is 1. The van der Waals surface area contributed by atoms with Crippen LogP contribution in [0.15, 0.2) is 30.3 Å². The van der Waals surface area contributed by atoms with Crippen molar-refractivity contribution in [1.82, 2.24) is 10.6 Å². The Hall–Kier alpha value is -1.84. The van der Waals surface area contributed by atoms with E-state index in [4.69, 9.17) is 0 Å². The van der Waals surface area contributed by atoms with Crippen LogP contribution in [0.1, 0.15) is 44.1 Å². The van der Waals surface area contributed by atoms with E-state index in [2.05, 4.69) is 10.6 Å². The van der Waals surface area contributed by atoms with E-state index in [1.54, 1.807) is 0 Å². The van der Waals surface area contributed by atoms with Gasteiger partial charge in [-0.3, -0.25) is 9.59 Å². The first-order chi connectivity index (χ1) is 10.7. The molecule has 1 fully saturated rings. The highest BCUT2D eigenvalue weighted by molar-refractivity contribution is 5.85. The van der Waals surface area contributed by atoms with Gasteiger partial charge in [0, 0.05) is 6.54 Å². The minimum atomic E-state index is -0.118. The maximum absolute atomic E-state index is 11.7. The third kappa shape index (κ3) is 6.29. The predicted octanol–water partition coefficient (Wildman–Crippen LogP) is 2.43. The van der Waals surface area contributed by atoms with Crippen LogP contribution < -0.4 is 10.6 Å². The zero-order valence-corrected chi connectivity index (χ0v) is 13.1. The standard InChI is InChI=1S/C18H26N2O2/c21-17(13-16-9-2-1-3-10-16)20-14-18(22)19-12-6-11-15-7-4-5-8-15/h1-3,9-10,15H,4-8,11-14H2,(H,19,22)(H,20,21). The highest BCUT2D eigenvalue weighted by Gasteiger charge is 2.14. The monoisotopic (exact) mass is 302 g/mol. The highest BCUT2D eigenvalue weighted by Crippen LogP contribution is 2.28. The molecular formula is C18H26N2O2. The molecule has 0 radical (unpaired) electrons. The molecule has 1 aromatic rings. The summed E-state index contributed by atoms with van der Waals surface area (Å²) >= 11 is 0. The van der Waals surface area contributed by atoms with Crippen LogP contribution >= 0.6 is 0 Å². The Balaban J connectivity index is 1.52. The Labute approximate surface area is 132 Å². The smallest absolute Gasteiger partial charge is 0.239 e. The summed E-state index contributed by atoms with van der Waals surface area (Å²) in [6.07, 6.45) is 7.99. The Bertz CT molecular complexity index is 467. The van der Waals surface area contributed by atoms with Crippen LogP contribution in [0, 0.1) is 5.92 Å². The van der Waals surface area contributed by atoms with Gasteiger partial charge in [0.1, 0.15) is 0 Å². The van der Waals surface area contributed by atoms with Crippen molar-refractivity contribution in [2.75, 3.05) is 13.1 Å². The van der Waals surface area contributed by atoms with E-state index in [0.29, 0.717) is 13.0 Å². The van der Waals surface area contributed by atoms with Crippen molar-refractivity contribution in [1.29, 1.82) is 0 Å². The molecule has 2 rings (SSSR count). The summed E-state index contributed by atoms with van der Waals surface area (Å²) in [6, 6.07) is 9.53. The second kappa shape index (κ2) is 9.23. The van der Waals surface area contributed by atoms with E-state index < -0.39 is 0 Å². The van der Waals surface area contributed by atoms with Crippen LogP contribution in [-0.2, 0) is 16.0 Å². The van der Waals surface area contributed by atoms with Crippen molar-refractivity contribution in [3.05, 3.63) is 35.9 Å². The molecular weight excluding hydrogens is 276 g/mol. The molecule has 0 aliphatic heterocycles. The van der Waals surface area contributed by atoms with Crippen LogP contribution in [0.4, 0.5) is 0 Å². The first kappa shape index (κ1) is 16.5. The Morgan fingerprint density at radius 2 is 1.73 bits per heavy atom. The fraction of sp³-hybridized carbons (Fsp3) is 0.556. The summed E-state index contributed by atoms with van der Waals surface area (Å²) in [5.74, 6) is 0.641. The molecule has 1 aliphatic carbocycles. The minimum absolute atomic E-state index is 0.0646. The summed E-state index contributed by atoms with van der Waals surface area (Å²) in [5, 5.41) is 5.53. The van der Waals surface area contributed by atoms with Crippen LogP contribution in [0.3, 0.4) is 0 Å². The molecule has 0 bridgehead atoms. The predicted molar refractivity (Wildman–Crippen MR) is 87.4 cm³/mol. The number of hydrogen-bond acceptors (Lipinski definition) is 2. The number of nitrogens with one attached hydrogen (secondary N) is 2. The van der Waals surface area contributed by atoms with Crippen LogP contribution in [0.25, 0.3) is 0 Å². The highest BCUT2D eigenvalue weighted by atomic mass is 16.2. The average molecular weight is 302 g/mol. The summed E-state index contributed by atoms with van der Waals surface area (Å²) < 4.78 is 0. The maximum atomic E-state index is 11.7. The largest absolute Gasteiger partial charge is 0.355 e. The van der Waals surface area contributed by atoms with E-state index >= 15 is 0 Å². The number of amides is 2. The third-order valence-corrected chi connectivity index (χ3v) is 4.24. The molecule has 0 heterocycles. The molecule has 0 saturated heterocycles. The molecule has 4 heteroatoms. The molecule has 1 saturated carbocycles. The van der Waals surface area contributed by atoms with Crippen molar-refractivity contribution >= 4 is 11.8 Å². The van der Waals surface area contributed by atoms with Crippen LogP contribution in [0.2, 0.25) is 0 Å². The number of rotatable bonds is 8. The van der Waals surface area contributed by atoms with Crippen LogP contribution in [0.5, 0.6) is 0 Å². The number of hydrogen-bond donors (Lipinski definition) is 2. The van der Waals surface area contributed by atoms with Crippen molar-refractivity contribution in [3.63, 3.8) is 0 Å². The van der Waals surface area contributed by atoms with Gasteiger partial charge < -0.3 is 10.6 Å². The SMILES string of the molecule is O=C(CNC(=O)Cc1ccccc1)NCCCC1CCCC1. The Morgan fingerprint density at radius 3 is 2.45 bits per heavy atom. The second-order valence-electron chi connectivity index (χ2n) is 6.08. The average Bonchev–Trinajstić information content (AvgIpc) is 3.04. The first-order valence-corrected chi connectivity index (χ1v) is 8.31. The van der Waals surface area contributed by atoms with Gasteiger partial charge in [-0.2, -0.15) is 0 Å². The van der Waals surface area contributed by atoms with Crippen molar-refractivity contribution in [2.24, 2.45) is 5.92 Å². The van der Waals surface area contributed by atoms with Gasteiger partial charge in [0.25, 0.3) is 0 Å². The van der Waals surface area contributed by atoms with E-state index in [1.807, 2.05) is 30.3 Å². The normalized spacial score (nSPS) is 14.7. The number of carbonyl (C=O) groups is 2. The molecule has 120 valence electrons. The Kier molecular flexibility index (Phi) is 6.94. The van der Waals surface area contributed by atoms with Gasteiger partial charge in [0.05, 0.1) is 13.0 Å². The van der Waals surface area contributed by atoms with E-state index in [-0.39, 0.29) is 18.4 Å². The lowest BCUT2D eigenvalue weighted by Crippen LogP contribution is -2.37. The molecule has 0 unspecified atom stereocenters. The van der Waals surface area contributed by atoms with Gasteiger partial charge in [0.15, 0.2) is 0 Å². The molecule has 1 aliphatic rings. The topological polar surface area (TPSA) is 58.2 Å². The van der Waals surface area contributed by atoms with Gasteiger partial charge in [-0.05, 0) is 24.3 Å². The van der Waals surface area contributed by atoms with Gasteiger partial charge in [-0.25, -0.2) is 0 Å². The van der Waals surface area contributed by atoms with Crippen LogP contribution in [-0.4, -0.2) is 24.9 Å². The minimum Gasteiger partial charge on any atom is -0.355 e. The van der Waals surface area contributed by atoms with E-state index in [1.165, 1.54) is 32.1 Å². The summed E-state index contributed by atoms with van der Waals surface area (Å²) in [5.41, 5.74) is 0.956. The zero-order valence-electron chi connectivity index (χ0n) is 13.1. The van der Waals surface area contributed by atoms with Gasteiger partial charge in [0.2, 0.25) is 11.8 Å². The molecule has 2 N–H and O–H groups in total. The molecule has 2 amide bonds. The molecule has 22 heavy (non-hydrogen) atoms. The lowest BCUT2D eigenvalue weighted by Gasteiger charge is -2.10. The lowest BCUT2D eigenvalue weighted by atomic mass is 10.0. The van der Waals surface area contributed by atoms with Crippen molar-refractivity contribution < 1.29 is 9.59 Å². The molecule has 4 nitrogen and oxygen atoms in total. The fourth-order valence-corrected chi connectivity index (χ4v) is 3.00. The third-order valence-electron chi connectivity index (χ3n) is 4.24. The van der Waals surface area contributed by atoms with Gasteiger partial charge in [-0.15, -0.1) is 0 Å². The van der Waals surface area contributed by atoms with Crippen molar-refractivity contribution in [3.8, 4) is 0 Å². The summed E-state index contributed by atoms with van der Waals surface area (Å²) in [6.45, 7) is 0.777. The molecule has 0 atom stereocenters. The lowest BCUT2D eigenvalue weighted by molar-refractivity contribution is -0.125. The molecule has 0 spiro atoms. The van der Waals surface area contributed by atoms with Crippen molar-refractivity contribution in [2.45, 2.75) is 44.9 Å². The number of carbonyl (C=O) groups excluding carboxylic acids is 2. The first-order valence-electron chi connectivity index (χ1n) is 8.31. The van der Waals surface area contributed by atoms with E-state index in [9.17, 15) is 9.59 Å².